The average Bonchev–Trinajstić information content (AvgIpc) is 2.96. The molecule has 0 aliphatic heterocycles. The summed E-state index contributed by atoms with van der Waals surface area (Å²) in [5, 5.41) is 0. The van der Waals surface area contributed by atoms with Crippen molar-refractivity contribution >= 4 is 37.6 Å². The summed E-state index contributed by atoms with van der Waals surface area (Å²) in [4.78, 5) is 37.4. The topological polar surface area (TPSA) is 147 Å². The van der Waals surface area contributed by atoms with Crippen molar-refractivity contribution in [3.63, 3.8) is 0 Å². The zero-order valence-electron chi connectivity index (χ0n) is 22.7. The molecule has 2 unspecified atom stereocenters. The van der Waals surface area contributed by atoms with Crippen LogP contribution in [0.1, 0.15) is 19.3 Å². The van der Waals surface area contributed by atoms with Crippen LogP contribution in [0.3, 0.4) is 0 Å². The van der Waals surface area contributed by atoms with Crippen LogP contribution in [0, 0.1) is 17.8 Å². The second-order valence-corrected chi connectivity index (χ2v) is 13.2. The van der Waals surface area contributed by atoms with Crippen LogP contribution < -0.4 is 29.6 Å². The summed E-state index contributed by atoms with van der Waals surface area (Å²) >= 11 is 0. The minimum absolute atomic E-state index is 0. The number of sulfone groups is 2. The summed E-state index contributed by atoms with van der Waals surface area (Å²) in [5.41, 5.74) is -2.22. The van der Waals surface area contributed by atoms with Crippen LogP contribution >= 0.6 is 0 Å². The summed E-state index contributed by atoms with van der Waals surface area (Å²) < 4.78 is 69.1. The van der Waals surface area contributed by atoms with Gasteiger partial charge in [-0.15, -0.1) is 5.92 Å². The average molecular weight is 601 g/mol. The minimum atomic E-state index is -4.80. The molecule has 1 saturated carbocycles. The van der Waals surface area contributed by atoms with E-state index in [9.17, 15) is 31.2 Å². The van der Waals surface area contributed by atoms with Gasteiger partial charge in [-0.3, -0.25) is 20.8 Å². The van der Waals surface area contributed by atoms with Crippen molar-refractivity contribution < 1.29 is 75.0 Å². The summed E-state index contributed by atoms with van der Waals surface area (Å²) in [5.74, 6) is -4.52. The molecule has 210 valence electrons. The van der Waals surface area contributed by atoms with Crippen LogP contribution in [-0.4, -0.2) is 60.8 Å². The third-order valence-electron chi connectivity index (χ3n) is 7.12. The molecule has 0 radical (unpaired) electrons. The van der Waals surface area contributed by atoms with Crippen LogP contribution in [0.25, 0.3) is 0 Å². The maximum absolute atomic E-state index is 14.6. The Morgan fingerprint density at radius 2 is 1.30 bits per heavy atom. The Bertz CT molecular complexity index is 1460. The van der Waals surface area contributed by atoms with Crippen molar-refractivity contribution in [2.75, 3.05) is 21.3 Å². The number of hydrogen-bond acceptors (Lipinski definition) is 10. The van der Waals surface area contributed by atoms with Gasteiger partial charge in [0.2, 0.25) is 9.84 Å². The molecular formula is C27H29NaO10S2. The van der Waals surface area contributed by atoms with Gasteiger partial charge in [0.05, 0.1) is 40.8 Å². The van der Waals surface area contributed by atoms with Gasteiger partial charge in [-0.2, -0.15) is 0 Å². The first-order chi connectivity index (χ1) is 18.3. The van der Waals surface area contributed by atoms with Gasteiger partial charge in [0.1, 0.15) is 0 Å². The molecule has 10 nitrogen and oxygen atoms in total. The van der Waals surface area contributed by atoms with Crippen molar-refractivity contribution in [2.24, 2.45) is 11.3 Å². The standard InChI is InChI=1S/C27H29O10S2.Na/c1-19(38(31,32)21-11-7-5-8-12-21)27(39(33,34)22-13-9-6-10-14-22)18-26(24(29)36-3,25(30)37-4)16-15-20(27)17-23(28)35-2;/h5-14,17,20H,1,15-16,18H2,2-4H3;/q-1;+1. The van der Waals surface area contributed by atoms with E-state index in [0.717, 1.165) is 27.8 Å². The van der Waals surface area contributed by atoms with Gasteiger partial charge in [-0.1, -0.05) is 49.4 Å². The number of hydrogen-bond donors (Lipinski definition) is 0. The van der Waals surface area contributed by atoms with Crippen LogP contribution in [0.2, 0.25) is 0 Å². The van der Waals surface area contributed by atoms with Gasteiger partial charge in [0.15, 0.2) is 21.2 Å². The van der Waals surface area contributed by atoms with Crippen molar-refractivity contribution in [1.29, 1.82) is 0 Å². The summed E-state index contributed by atoms with van der Waals surface area (Å²) in [6, 6.07) is 13.9. The zero-order valence-corrected chi connectivity index (χ0v) is 26.3. The predicted octanol–water partition coefficient (Wildman–Crippen LogP) is -0.300. The molecular weight excluding hydrogens is 571 g/mol. The second-order valence-electron chi connectivity index (χ2n) is 9.02. The SMILES string of the molecule is C=C(C1(S(=O)(=O)c2ccccc2)CC(C(=O)OC)(C(=O)OC)CCC1[CH-]C(=O)OC)S(=O)(=O)c1ccccc1.[Na+]. The van der Waals surface area contributed by atoms with Crippen LogP contribution in [0.4, 0.5) is 0 Å². The molecule has 13 heteroatoms. The number of carbonyl (C=O) groups is 3. The van der Waals surface area contributed by atoms with Gasteiger partial charge < -0.3 is 14.2 Å². The van der Waals surface area contributed by atoms with E-state index in [-0.39, 0.29) is 52.2 Å². The molecule has 1 aliphatic rings. The molecule has 2 aromatic rings. The van der Waals surface area contributed by atoms with Crippen LogP contribution in [0.5, 0.6) is 0 Å². The third-order valence-corrected chi connectivity index (χ3v) is 11.7. The quantitative estimate of drug-likeness (QED) is 0.124. The molecule has 1 aliphatic carbocycles. The van der Waals surface area contributed by atoms with Crippen molar-refractivity contribution in [1.82, 2.24) is 0 Å². The van der Waals surface area contributed by atoms with Gasteiger partial charge in [-0.25, -0.2) is 16.8 Å². The van der Waals surface area contributed by atoms with E-state index in [2.05, 4.69) is 6.58 Å². The molecule has 2 aromatic carbocycles. The molecule has 3 rings (SSSR count). The maximum Gasteiger partial charge on any atom is 1.00 e. The zero-order chi connectivity index (χ0) is 29.1. The molecule has 0 bridgehead atoms. The molecule has 0 saturated heterocycles. The fourth-order valence-corrected chi connectivity index (χ4v) is 9.50. The minimum Gasteiger partial charge on any atom is -0.491 e. The fraction of sp³-hybridized carbons (Fsp3) is 0.333. The molecule has 2 atom stereocenters. The summed E-state index contributed by atoms with van der Waals surface area (Å²) in [6.45, 7) is 3.77. The van der Waals surface area contributed by atoms with Crippen molar-refractivity contribution in [3.05, 3.63) is 78.6 Å². The van der Waals surface area contributed by atoms with E-state index < -0.39 is 65.0 Å². The van der Waals surface area contributed by atoms with Gasteiger partial charge >= 0.3 is 41.5 Å². The molecule has 0 amide bonds. The van der Waals surface area contributed by atoms with Gasteiger partial charge in [-0.05, 0) is 37.1 Å². The monoisotopic (exact) mass is 600 g/mol. The first kappa shape index (κ1) is 33.6. The maximum atomic E-state index is 14.6. The fourth-order valence-electron chi connectivity index (χ4n) is 5.10. The number of carbonyl (C=O) groups excluding carboxylic acids is 3. The summed E-state index contributed by atoms with van der Waals surface area (Å²) in [6.07, 6.45) is -0.561. The van der Waals surface area contributed by atoms with Crippen LogP contribution in [-0.2, 0) is 48.3 Å². The Labute approximate surface area is 256 Å². The number of ether oxygens (including phenoxy) is 3. The number of rotatable bonds is 9. The Balaban J connectivity index is 0.00000560. The second kappa shape index (κ2) is 12.9. The van der Waals surface area contributed by atoms with E-state index in [1.165, 1.54) is 48.5 Å². The molecule has 1 fully saturated rings. The molecule has 0 spiro atoms. The molecule has 40 heavy (non-hydrogen) atoms. The van der Waals surface area contributed by atoms with Crippen molar-refractivity contribution in [2.45, 2.75) is 33.8 Å². The van der Waals surface area contributed by atoms with E-state index in [1.54, 1.807) is 12.1 Å². The molecule has 0 N–H and O–H groups in total. The number of esters is 3. The number of methoxy groups -OCH3 is 3. The van der Waals surface area contributed by atoms with Crippen molar-refractivity contribution in [3.8, 4) is 0 Å². The third kappa shape index (κ3) is 5.60. The first-order valence-electron chi connectivity index (χ1n) is 11.7. The van der Waals surface area contributed by atoms with E-state index in [1.807, 2.05) is 0 Å². The van der Waals surface area contributed by atoms with Gasteiger partial charge in [0, 0.05) is 0 Å². The Kier molecular flexibility index (Phi) is 10.8. The Morgan fingerprint density at radius 1 is 0.825 bits per heavy atom. The predicted molar refractivity (Wildman–Crippen MR) is 139 cm³/mol. The number of benzene rings is 2. The van der Waals surface area contributed by atoms with E-state index >= 15 is 0 Å². The largest absolute Gasteiger partial charge is 1.00 e. The Hall–Kier alpha value is -2.64. The normalized spacial score (nSPS) is 20.2. The molecule has 0 heterocycles. The van der Waals surface area contributed by atoms with Gasteiger partial charge in [0.25, 0.3) is 0 Å². The summed E-state index contributed by atoms with van der Waals surface area (Å²) in [7, 11) is -6.32. The molecule has 0 aromatic heterocycles. The van der Waals surface area contributed by atoms with E-state index in [4.69, 9.17) is 14.2 Å². The Morgan fingerprint density at radius 3 is 1.75 bits per heavy atom. The first-order valence-corrected chi connectivity index (χ1v) is 14.7. The van der Waals surface area contributed by atoms with Crippen LogP contribution in [0.15, 0.2) is 81.9 Å². The smallest absolute Gasteiger partial charge is 0.491 e. The van der Waals surface area contributed by atoms with E-state index in [0.29, 0.717) is 0 Å².